The summed E-state index contributed by atoms with van der Waals surface area (Å²) in [4.78, 5) is 4.88. The average Bonchev–Trinajstić information content (AvgIpc) is 2.65. The van der Waals surface area contributed by atoms with Crippen LogP contribution in [0.5, 0.6) is 0 Å². The van der Waals surface area contributed by atoms with Gasteiger partial charge in [0.2, 0.25) is 0 Å². The molecule has 0 aromatic heterocycles. The molecule has 1 atom stereocenters. The van der Waals surface area contributed by atoms with E-state index in [0.29, 0.717) is 19.0 Å². The van der Waals surface area contributed by atoms with Crippen LogP contribution in [0.4, 0.5) is 0 Å². The van der Waals surface area contributed by atoms with Gasteiger partial charge in [-0.25, -0.2) is 0 Å². The van der Waals surface area contributed by atoms with E-state index >= 15 is 0 Å². The van der Waals surface area contributed by atoms with Crippen LogP contribution in [0.25, 0.3) is 0 Å². The van der Waals surface area contributed by atoms with Gasteiger partial charge >= 0.3 is 0 Å². The molecule has 0 bridgehead atoms. The molecule has 0 spiro atoms. The summed E-state index contributed by atoms with van der Waals surface area (Å²) in [5.74, 6) is 6.16. The van der Waals surface area contributed by atoms with Gasteiger partial charge in [0, 0.05) is 12.5 Å². The van der Waals surface area contributed by atoms with Crippen molar-refractivity contribution in [3.05, 3.63) is 0 Å². The molecule has 0 aliphatic carbocycles. The Morgan fingerprint density at radius 3 is 3.23 bits per heavy atom. The summed E-state index contributed by atoms with van der Waals surface area (Å²) >= 11 is 0. The summed E-state index contributed by atoms with van der Waals surface area (Å²) in [5.41, 5.74) is 5.66. The Balaban J connectivity index is 2.26. The molecule has 4 heteroatoms. The Hall–Kier alpha value is -1.21. The van der Waals surface area contributed by atoms with Crippen molar-refractivity contribution in [1.82, 2.24) is 0 Å². The highest BCUT2D eigenvalue weighted by Crippen LogP contribution is 2.11. The summed E-state index contributed by atoms with van der Waals surface area (Å²) in [7, 11) is 0. The average molecular weight is 182 g/mol. The monoisotopic (exact) mass is 182 g/mol. The van der Waals surface area contributed by atoms with Crippen molar-refractivity contribution in [2.24, 2.45) is 16.8 Å². The van der Waals surface area contributed by atoms with E-state index < -0.39 is 0 Å². The molecule has 13 heavy (non-hydrogen) atoms. The second kappa shape index (κ2) is 5.44. The third-order valence-electron chi connectivity index (χ3n) is 1.83. The highest BCUT2D eigenvalue weighted by molar-refractivity contribution is 5.82. The van der Waals surface area contributed by atoms with Gasteiger partial charge in [0.05, 0.1) is 6.61 Å². The van der Waals surface area contributed by atoms with Crippen molar-refractivity contribution in [1.29, 1.82) is 0 Å². The van der Waals surface area contributed by atoms with Crippen molar-refractivity contribution in [3.8, 4) is 11.8 Å². The van der Waals surface area contributed by atoms with E-state index in [2.05, 4.69) is 17.0 Å². The molecule has 72 valence electrons. The molecule has 4 nitrogen and oxygen atoms in total. The summed E-state index contributed by atoms with van der Waals surface area (Å²) in [6, 6.07) is 0. The Morgan fingerprint density at radius 2 is 2.62 bits per heavy atom. The van der Waals surface area contributed by atoms with Gasteiger partial charge in [0.15, 0.2) is 6.61 Å². The largest absolute Gasteiger partial charge is 0.384 e. The number of hydrogen-bond acceptors (Lipinski definition) is 3. The topological polar surface area (TPSA) is 56.8 Å². The normalized spacial score (nSPS) is 22.2. The lowest BCUT2D eigenvalue weighted by atomic mass is 10.1. The Morgan fingerprint density at radius 1 is 1.77 bits per heavy atom. The Kier molecular flexibility index (Phi) is 4.13. The van der Waals surface area contributed by atoms with Crippen molar-refractivity contribution in [3.63, 3.8) is 0 Å². The quantitative estimate of drug-likeness (QED) is 0.225. The van der Waals surface area contributed by atoms with E-state index in [1.807, 2.05) is 0 Å². The summed E-state index contributed by atoms with van der Waals surface area (Å²) in [5, 5.41) is 3.76. The van der Waals surface area contributed by atoms with Gasteiger partial charge in [-0.15, -0.1) is 5.92 Å². The second-order valence-electron chi connectivity index (χ2n) is 2.78. The van der Waals surface area contributed by atoms with Crippen LogP contribution in [0.1, 0.15) is 13.3 Å². The first-order valence-electron chi connectivity index (χ1n) is 4.27. The van der Waals surface area contributed by atoms with Gasteiger partial charge in [-0.1, -0.05) is 11.1 Å². The van der Waals surface area contributed by atoms with E-state index in [4.69, 9.17) is 15.3 Å². The summed E-state index contributed by atoms with van der Waals surface area (Å²) in [6.45, 7) is 3.46. The van der Waals surface area contributed by atoms with Crippen molar-refractivity contribution in [2.45, 2.75) is 13.3 Å². The third-order valence-corrected chi connectivity index (χ3v) is 1.83. The fourth-order valence-corrected chi connectivity index (χ4v) is 1.05. The van der Waals surface area contributed by atoms with E-state index in [1.165, 1.54) is 0 Å². The molecule has 1 fully saturated rings. The number of rotatable bonds is 3. The van der Waals surface area contributed by atoms with Crippen LogP contribution in [0.3, 0.4) is 0 Å². The number of hydrogen-bond donors (Lipinski definition) is 1. The highest BCUT2D eigenvalue weighted by atomic mass is 16.6. The molecular formula is C9H14N2O2. The lowest BCUT2D eigenvalue weighted by Gasteiger charge is -2.04. The lowest BCUT2D eigenvalue weighted by Crippen LogP contribution is -2.24. The van der Waals surface area contributed by atoms with Gasteiger partial charge in [0.1, 0.15) is 5.84 Å². The Bertz CT molecular complexity index is 234. The first kappa shape index (κ1) is 9.87. The number of oxime groups is 1. The molecule has 1 saturated heterocycles. The fourth-order valence-electron chi connectivity index (χ4n) is 1.05. The van der Waals surface area contributed by atoms with Crippen LogP contribution in [-0.2, 0) is 9.57 Å². The molecule has 1 unspecified atom stereocenters. The predicted molar refractivity (Wildman–Crippen MR) is 50.0 cm³/mol. The summed E-state index contributed by atoms with van der Waals surface area (Å²) < 4.78 is 5.16. The minimum atomic E-state index is 0.217. The maximum absolute atomic E-state index is 5.66. The maximum Gasteiger partial charge on any atom is 0.177 e. The van der Waals surface area contributed by atoms with Gasteiger partial charge < -0.3 is 15.3 Å². The SMILES string of the molecule is CC#CCO/N=C(\N)C1CCOC1. The predicted octanol–water partition coefficient (Wildman–Crippen LogP) is 0.335. The second-order valence-corrected chi connectivity index (χ2v) is 2.78. The van der Waals surface area contributed by atoms with Gasteiger partial charge in [-0.2, -0.15) is 0 Å². The highest BCUT2D eigenvalue weighted by Gasteiger charge is 2.19. The minimum Gasteiger partial charge on any atom is -0.384 e. The molecule has 2 N–H and O–H groups in total. The zero-order valence-corrected chi connectivity index (χ0v) is 7.75. The van der Waals surface area contributed by atoms with Crippen LogP contribution >= 0.6 is 0 Å². The van der Waals surface area contributed by atoms with Crippen LogP contribution in [-0.4, -0.2) is 25.7 Å². The molecule has 1 aliphatic rings. The first-order valence-corrected chi connectivity index (χ1v) is 4.27. The fraction of sp³-hybridized carbons (Fsp3) is 0.667. The zero-order chi connectivity index (χ0) is 9.52. The van der Waals surface area contributed by atoms with Crippen molar-refractivity contribution < 1.29 is 9.57 Å². The van der Waals surface area contributed by atoms with Crippen LogP contribution in [0.15, 0.2) is 5.16 Å². The molecule has 1 heterocycles. The molecule has 0 radical (unpaired) electrons. The number of ether oxygens (including phenoxy) is 1. The standard InChI is InChI=1S/C9H14N2O2/c1-2-3-5-13-11-9(10)8-4-6-12-7-8/h8H,4-7H2,1H3,(H2,10,11). The van der Waals surface area contributed by atoms with Crippen molar-refractivity contribution >= 4 is 5.84 Å². The molecule has 0 aromatic carbocycles. The van der Waals surface area contributed by atoms with Crippen molar-refractivity contribution in [2.75, 3.05) is 19.8 Å². The third kappa shape index (κ3) is 3.34. The van der Waals surface area contributed by atoms with E-state index in [-0.39, 0.29) is 5.92 Å². The van der Waals surface area contributed by atoms with E-state index in [1.54, 1.807) is 6.92 Å². The summed E-state index contributed by atoms with van der Waals surface area (Å²) in [6.07, 6.45) is 0.929. The van der Waals surface area contributed by atoms with Gasteiger partial charge in [-0.3, -0.25) is 0 Å². The maximum atomic E-state index is 5.66. The van der Waals surface area contributed by atoms with E-state index in [0.717, 1.165) is 13.0 Å². The molecular weight excluding hydrogens is 168 g/mol. The first-order chi connectivity index (χ1) is 6.34. The minimum absolute atomic E-state index is 0.217. The number of amidine groups is 1. The van der Waals surface area contributed by atoms with E-state index in [9.17, 15) is 0 Å². The molecule has 0 aromatic rings. The molecule has 1 aliphatic heterocycles. The Labute approximate surface area is 78.1 Å². The van der Waals surface area contributed by atoms with Gasteiger partial charge in [0.25, 0.3) is 0 Å². The molecule has 1 rings (SSSR count). The van der Waals surface area contributed by atoms with Crippen LogP contribution in [0, 0.1) is 17.8 Å². The van der Waals surface area contributed by atoms with Crippen LogP contribution < -0.4 is 5.73 Å². The molecule has 0 saturated carbocycles. The zero-order valence-electron chi connectivity index (χ0n) is 7.75. The number of nitrogens with two attached hydrogens (primary N) is 1. The number of nitrogens with zero attached hydrogens (tertiary/aromatic N) is 1. The van der Waals surface area contributed by atoms with Crippen LogP contribution in [0.2, 0.25) is 0 Å². The lowest BCUT2D eigenvalue weighted by molar-refractivity contribution is 0.173. The molecule has 0 amide bonds. The smallest absolute Gasteiger partial charge is 0.177 e. The van der Waals surface area contributed by atoms with Gasteiger partial charge in [-0.05, 0) is 13.3 Å².